The van der Waals surface area contributed by atoms with Gasteiger partial charge in [0.15, 0.2) is 18.3 Å². The van der Waals surface area contributed by atoms with Gasteiger partial charge in [-0.25, -0.2) is 14.4 Å². The number of rotatable bonds is 16. The minimum Gasteiger partial charge on any atom is -0.467 e. The standard InChI is InChI=1S/C40H50N4O19/c1-19(2)29(43-38(51)63-40(7,8)9)35(49)41-20(3)34(48)42-27-16-11-24(18-56-39(52)60-26-14-12-25(13-15-26)44(53)54)17-28(27)61-37-33(59-23(6)47)31(58-22(5)46)30(57-21(4)45)32(62-37)36(50)55-10/h11-17,19-20,29-33,37H,18H2,1-10H3,(H,41,49)(H,42,48)(H,43,51)/t20-,29-,30-,31-,32-,33+,37+/m0/s1. The molecule has 3 amide bonds. The van der Waals surface area contributed by atoms with Crippen LogP contribution in [0.4, 0.5) is 21.0 Å². The Morgan fingerprint density at radius 2 is 1.40 bits per heavy atom. The second-order valence-corrected chi connectivity index (χ2v) is 15.1. The number of benzene rings is 2. The topological polar surface area (TPSA) is 299 Å². The van der Waals surface area contributed by atoms with Gasteiger partial charge in [0.25, 0.3) is 5.69 Å². The third kappa shape index (κ3) is 15.4. The van der Waals surface area contributed by atoms with E-state index in [2.05, 4.69) is 16.0 Å². The van der Waals surface area contributed by atoms with Crippen molar-refractivity contribution in [1.82, 2.24) is 10.6 Å². The molecule has 1 saturated heterocycles. The normalized spacial score (nSPS) is 19.1. The lowest BCUT2D eigenvalue weighted by atomic mass is 9.97. The maximum atomic E-state index is 13.7. The lowest BCUT2D eigenvalue weighted by Crippen LogP contribution is -2.64. The number of alkyl carbamates (subject to hydrolysis) is 1. The van der Waals surface area contributed by atoms with E-state index in [-0.39, 0.29) is 28.4 Å². The van der Waals surface area contributed by atoms with Crippen LogP contribution in [0, 0.1) is 16.0 Å². The number of anilines is 1. The molecule has 0 radical (unpaired) electrons. The molecule has 0 bridgehead atoms. The highest BCUT2D eigenvalue weighted by Gasteiger charge is 2.56. The number of hydrogen-bond donors (Lipinski definition) is 3. The van der Waals surface area contributed by atoms with Gasteiger partial charge in [-0.05, 0) is 63.4 Å². The summed E-state index contributed by atoms with van der Waals surface area (Å²) in [5.41, 5.74) is -1.09. The van der Waals surface area contributed by atoms with Crippen molar-refractivity contribution in [3.8, 4) is 11.5 Å². The molecule has 1 aliphatic heterocycles. The Bertz CT molecular complexity index is 2030. The molecule has 3 rings (SSSR count). The molecule has 23 nitrogen and oxygen atoms in total. The third-order valence-electron chi connectivity index (χ3n) is 8.36. The zero-order valence-electron chi connectivity index (χ0n) is 36.1. The summed E-state index contributed by atoms with van der Waals surface area (Å²) >= 11 is 0. The molecule has 7 atom stereocenters. The van der Waals surface area contributed by atoms with E-state index in [1.807, 2.05) is 0 Å². The highest BCUT2D eigenvalue weighted by molar-refractivity contribution is 5.99. The van der Waals surface area contributed by atoms with Crippen LogP contribution in [0.3, 0.4) is 0 Å². The van der Waals surface area contributed by atoms with Crippen LogP contribution in [0.15, 0.2) is 42.5 Å². The van der Waals surface area contributed by atoms with Crippen LogP contribution < -0.4 is 25.4 Å². The summed E-state index contributed by atoms with van der Waals surface area (Å²) in [5.74, 6) is -6.36. The molecule has 0 aromatic heterocycles. The van der Waals surface area contributed by atoms with E-state index < -0.39 is 114 Å². The molecular weight excluding hydrogens is 840 g/mol. The van der Waals surface area contributed by atoms with Crippen LogP contribution in [-0.4, -0.2) is 108 Å². The first-order valence-corrected chi connectivity index (χ1v) is 19.1. The Morgan fingerprint density at radius 1 is 0.810 bits per heavy atom. The zero-order chi connectivity index (χ0) is 47.3. The van der Waals surface area contributed by atoms with Gasteiger partial charge in [0, 0.05) is 32.9 Å². The monoisotopic (exact) mass is 890 g/mol. The predicted octanol–water partition coefficient (Wildman–Crippen LogP) is 3.37. The van der Waals surface area contributed by atoms with E-state index in [1.165, 1.54) is 37.3 Å². The van der Waals surface area contributed by atoms with Crippen molar-refractivity contribution in [3.63, 3.8) is 0 Å². The number of carbonyl (C=O) groups excluding carboxylic acids is 8. The molecule has 1 fully saturated rings. The van der Waals surface area contributed by atoms with Gasteiger partial charge in [-0.3, -0.25) is 34.1 Å². The van der Waals surface area contributed by atoms with Gasteiger partial charge < -0.3 is 58.6 Å². The Balaban J connectivity index is 2.01. The number of ether oxygens (including phenoxy) is 9. The number of nitrogens with one attached hydrogen (secondary N) is 3. The average molecular weight is 891 g/mol. The molecular formula is C40H50N4O19. The van der Waals surface area contributed by atoms with Gasteiger partial charge in [0.05, 0.1) is 17.7 Å². The lowest BCUT2D eigenvalue weighted by Gasteiger charge is -2.43. The van der Waals surface area contributed by atoms with Crippen LogP contribution in [0.25, 0.3) is 0 Å². The summed E-state index contributed by atoms with van der Waals surface area (Å²) < 4.78 is 48.6. The van der Waals surface area contributed by atoms with E-state index >= 15 is 0 Å². The van der Waals surface area contributed by atoms with Crippen LogP contribution in [0.5, 0.6) is 11.5 Å². The number of nitro benzene ring substituents is 1. The third-order valence-corrected chi connectivity index (χ3v) is 8.36. The van der Waals surface area contributed by atoms with Crippen molar-refractivity contribution in [1.29, 1.82) is 0 Å². The highest BCUT2D eigenvalue weighted by Crippen LogP contribution is 2.35. The van der Waals surface area contributed by atoms with Gasteiger partial charge in [0.2, 0.25) is 24.2 Å². The van der Waals surface area contributed by atoms with E-state index in [0.29, 0.717) is 0 Å². The van der Waals surface area contributed by atoms with Crippen molar-refractivity contribution >= 4 is 59.3 Å². The number of carbonyl (C=O) groups is 8. The second-order valence-electron chi connectivity index (χ2n) is 15.1. The number of nitrogens with zero attached hydrogens (tertiary/aromatic N) is 1. The van der Waals surface area contributed by atoms with Crippen molar-refractivity contribution in [2.75, 3.05) is 12.4 Å². The van der Waals surface area contributed by atoms with Crippen molar-refractivity contribution in [3.05, 3.63) is 58.1 Å². The first-order chi connectivity index (χ1) is 29.4. The minimum atomic E-state index is -1.89. The molecule has 0 spiro atoms. The summed E-state index contributed by atoms with van der Waals surface area (Å²) in [7, 11) is 0.992. The Kier molecular flexibility index (Phi) is 17.7. The first kappa shape index (κ1) is 50.3. The molecule has 0 unspecified atom stereocenters. The summed E-state index contributed by atoms with van der Waals surface area (Å²) in [4.78, 5) is 112. The van der Waals surface area contributed by atoms with Crippen molar-refractivity contribution < 1.29 is 85.9 Å². The van der Waals surface area contributed by atoms with Crippen LogP contribution in [-0.2, 0) is 68.5 Å². The fourth-order valence-electron chi connectivity index (χ4n) is 5.64. The van der Waals surface area contributed by atoms with Gasteiger partial charge >= 0.3 is 36.1 Å². The minimum absolute atomic E-state index is 0.0743. The predicted molar refractivity (Wildman–Crippen MR) is 213 cm³/mol. The van der Waals surface area contributed by atoms with Gasteiger partial charge in [-0.15, -0.1) is 0 Å². The maximum Gasteiger partial charge on any atom is 0.514 e. The van der Waals surface area contributed by atoms with Crippen molar-refractivity contribution in [2.24, 2.45) is 5.92 Å². The molecule has 1 aliphatic rings. The van der Waals surface area contributed by atoms with Crippen LogP contribution >= 0.6 is 0 Å². The molecule has 0 saturated carbocycles. The SMILES string of the molecule is COC(=O)[C@H]1O[C@@H](Oc2cc(COC(=O)Oc3ccc([N+](=O)[O-])cc3)ccc2NC(=O)[C@H](C)NC(=O)[C@@H](NC(=O)OC(C)(C)C)C(C)C)[C@H](OC(C)=O)[C@@H](OC(C)=O)[C@@H]1OC(C)=O. The Morgan fingerprint density at radius 3 is 1.94 bits per heavy atom. The van der Waals surface area contributed by atoms with Gasteiger partial charge in [0.1, 0.15) is 35.8 Å². The number of amides is 3. The number of non-ortho nitro benzene ring substituents is 1. The Hall–Kier alpha value is -7.04. The van der Waals surface area contributed by atoms with Crippen LogP contribution in [0.1, 0.15) is 67.9 Å². The Labute approximate surface area is 360 Å². The highest BCUT2D eigenvalue weighted by atomic mass is 16.7. The molecule has 3 N–H and O–H groups in total. The lowest BCUT2D eigenvalue weighted by molar-refractivity contribution is -0.384. The summed E-state index contributed by atoms with van der Waals surface area (Å²) in [5, 5.41) is 18.6. The van der Waals surface area contributed by atoms with Crippen LogP contribution in [0.2, 0.25) is 0 Å². The smallest absolute Gasteiger partial charge is 0.467 e. The first-order valence-electron chi connectivity index (χ1n) is 19.1. The number of hydrogen-bond acceptors (Lipinski definition) is 19. The maximum absolute atomic E-state index is 13.7. The molecule has 0 aliphatic carbocycles. The molecule has 2 aromatic carbocycles. The average Bonchev–Trinajstić information content (AvgIpc) is 3.17. The fraction of sp³-hybridized carbons (Fsp3) is 0.500. The van der Waals surface area contributed by atoms with E-state index in [9.17, 15) is 48.5 Å². The summed E-state index contributed by atoms with van der Waals surface area (Å²) in [6.07, 6.45) is -11.1. The second kappa shape index (κ2) is 22.2. The van der Waals surface area contributed by atoms with E-state index in [0.717, 1.165) is 40.0 Å². The quantitative estimate of drug-likeness (QED) is 0.0715. The summed E-state index contributed by atoms with van der Waals surface area (Å²) in [6, 6.07) is 6.07. The molecule has 2 aromatic rings. The fourth-order valence-corrected chi connectivity index (χ4v) is 5.64. The summed E-state index contributed by atoms with van der Waals surface area (Å²) in [6.45, 7) is 12.1. The zero-order valence-corrected chi connectivity index (χ0v) is 36.1. The van der Waals surface area contributed by atoms with Gasteiger partial charge in [-0.1, -0.05) is 19.9 Å². The number of esters is 4. The molecule has 344 valence electrons. The largest absolute Gasteiger partial charge is 0.514 e. The molecule has 63 heavy (non-hydrogen) atoms. The molecule has 23 heteroatoms. The van der Waals surface area contributed by atoms with Gasteiger partial charge in [-0.2, -0.15) is 0 Å². The van der Waals surface area contributed by atoms with E-state index in [1.54, 1.807) is 34.6 Å². The van der Waals surface area contributed by atoms with E-state index in [4.69, 9.17) is 42.6 Å². The number of methoxy groups -OCH3 is 1. The molecule has 1 heterocycles. The van der Waals surface area contributed by atoms with Crippen molar-refractivity contribution in [2.45, 2.75) is 117 Å². The number of nitro groups is 1.